The first-order chi connectivity index (χ1) is 10.8. The number of carboxylic acid groups (broad SMARTS) is 1. The van der Waals surface area contributed by atoms with Crippen LogP contribution in [-0.2, 0) is 11.0 Å². The maximum atomic E-state index is 12.8. The predicted molar refractivity (Wildman–Crippen MR) is 74.8 cm³/mol. The summed E-state index contributed by atoms with van der Waals surface area (Å²) in [6.45, 7) is 0. The number of anilines is 1. The van der Waals surface area contributed by atoms with Crippen molar-refractivity contribution in [3.05, 3.63) is 24.0 Å². The normalized spacial score (nSPS) is 21.5. The molecule has 0 aromatic carbocycles. The summed E-state index contributed by atoms with van der Waals surface area (Å²) in [5.74, 6) is -1.29. The van der Waals surface area contributed by atoms with E-state index in [2.05, 4.69) is 15.6 Å². The predicted octanol–water partition coefficient (Wildman–Crippen LogP) is 2.87. The van der Waals surface area contributed by atoms with Crippen molar-refractivity contribution in [3.63, 3.8) is 0 Å². The molecule has 1 saturated carbocycles. The Balaban J connectivity index is 1.93. The maximum Gasteiger partial charge on any atom is 0.435 e. The number of aliphatic carboxylic acids is 1. The molecule has 6 nitrogen and oxygen atoms in total. The molecular weight excluding hydrogens is 315 g/mol. The number of urea groups is 1. The largest absolute Gasteiger partial charge is 0.481 e. The molecule has 0 atom stereocenters. The van der Waals surface area contributed by atoms with Crippen LogP contribution in [-0.4, -0.2) is 28.1 Å². The van der Waals surface area contributed by atoms with Gasteiger partial charge in [0.25, 0.3) is 0 Å². The second-order valence-electron chi connectivity index (χ2n) is 5.38. The summed E-state index contributed by atoms with van der Waals surface area (Å²) in [7, 11) is 0. The smallest absolute Gasteiger partial charge is 0.435 e. The number of hydrogen-bond donors (Lipinski definition) is 3. The third kappa shape index (κ3) is 4.57. The van der Waals surface area contributed by atoms with Crippen molar-refractivity contribution in [2.24, 2.45) is 5.92 Å². The lowest BCUT2D eigenvalue weighted by Crippen LogP contribution is -2.41. The lowest BCUT2D eigenvalue weighted by Gasteiger charge is -2.27. The molecule has 9 heteroatoms. The highest BCUT2D eigenvalue weighted by atomic mass is 19.4. The van der Waals surface area contributed by atoms with Crippen LogP contribution in [0, 0.1) is 5.92 Å². The lowest BCUT2D eigenvalue weighted by molar-refractivity contribution is -0.143. The molecule has 1 aromatic rings. The molecule has 2 rings (SSSR count). The Labute approximate surface area is 130 Å². The minimum atomic E-state index is -4.66. The fourth-order valence-corrected chi connectivity index (χ4v) is 2.56. The van der Waals surface area contributed by atoms with Crippen LogP contribution < -0.4 is 10.6 Å². The summed E-state index contributed by atoms with van der Waals surface area (Å²) in [6, 6.07) is 1.40. The first-order valence-corrected chi connectivity index (χ1v) is 7.10. The van der Waals surface area contributed by atoms with Crippen molar-refractivity contribution in [3.8, 4) is 0 Å². The first-order valence-electron chi connectivity index (χ1n) is 7.10. The summed E-state index contributed by atoms with van der Waals surface area (Å²) in [5, 5.41) is 13.6. The molecule has 0 aliphatic heterocycles. The van der Waals surface area contributed by atoms with E-state index in [-0.39, 0.29) is 6.04 Å². The van der Waals surface area contributed by atoms with E-state index in [1.807, 2.05) is 0 Å². The molecule has 1 aliphatic carbocycles. The van der Waals surface area contributed by atoms with Gasteiger partial charge in [-0.2, -0.15) is 13.2 Å². The summed E-state index contributed by atoms with van der Waals surface area (Å²) < 4.78 is 38.4. The Kier molecular flexibility index (Phi) is 5.07. The van der Waals surface area contributed by atoms with Crippen molar-refractivity contribution in [2.45, 2.75) is 37.9 Å². The minimum Gasteiger partial charge on any atom is -0.481 e. The minimum absolute atomic E-state index is 0.253. The zero-order valence-electron chi connectivity index (χ0n) is 12.1. The third-order valence-electron chi connectivity index (χ3n) is 3.74. The van der Waals surface area contributed by atoms with Crippen molar-refractivity contribution in [2.75, 3.05) is 5.32 Å². The Hall–Kier alpha value is -2.32. The number of carbonyl (C=O) groups is 2. The fraction of sp³-hybridized carbons (Fsp3) is 0.500. The standard InChI is InChI=1S/C14H16F3N3O3/c15-14(16,17)11-10(2-1-7-18-11)20-13(23)19-9-5-3-8(4-6-9)12(21)22/h1-2,7-9H,3-6H2,(H,21,22)(H2,19,20,23). The number of pyridine rings is 1. The van der Waals surface area contributed by atoms with Gasteiger partial charge in [-0.1, -0.05) is 0 Å². The molecule has 0 saturated heterocycles. The van der Waals surface area contributed by atoms with E-state index < -0.39 is 35.5 Å². The van der Waals surface area contributed by atoms with Crippen molar-refractivity contribution < 1.29 is 27.9 Å². The van der Waals surface area contributed by atoms with Gasteiger partial charge in [-0.25, -0.2) is 9.78 Å². The van der Waals surface area contributed by atoms with Crippen LogP contribution in [0.1, 0.15) is 31.4 Å². The molecule has 0 bridgehead atoms. The number of halogens is 3. The van der Waals surface area contributed by atoms with E-state index in [1.165, 1.54) is 6.07 Å². The van der Waals surface area contributed by atoms with E-state index in [1.54, 1.807) is 0 Å². The molecule has 0 unspecified atom stereocenters. The highest BCUT2D eigenvalue weighted by molar-refractivity contribution is 5.90. The molecule has 1 fully saturated rings. The van der Waals surface area contributed by atoms with Gasteiger partial charge in [0.05, 0.1) is 11.6 Å². The molecule has 0 spiro atoms. The van der Waals surface area contributed by atoms with Crippen LogP contribution >= 0.6 is 0 Å². The SMILES string of the molecule is O=C(Nc1cccnc1C(F)(F)F)NC1CCC(C(=O)O)CC1. The molecule has 1 aromatic heterocycles. The maximum absolute atomic E-state index is 12.8. The molecule has 2 amide bonds. The number of nitrogens with one attached hydrogen (secondary N) is 2. The molecule has 1 heterocycles. The van der Waals surface area contributed by atoms with E-state index in [9.17, 15) is 22.8 Å². The first kappa shape index (κ1) is 17.0. The number of carbonyl (C=O) groups excluding carboxylic acids is 1. The number of amides is 2. The van der Waals surface area contributed by atoms with Crippen LogP contribution in [0.5, 0.6) is 0 Å². The second-order valence-corrected chi connectivity index (χ2v) is 5.38. The van der Waals surface area contributed by atoms with Gasteiger partial charge in [0.15, 0.2) is 5.69 Å². The highest BCUT2D eigenvalue weighted by Crippen LogP contribution is 2.32. The Bertz CT molecular complexity index is 584. The summed E-state index contributed by atoms with van der Waals surface area (Å²) in [5.41, 5.74) is -1.58. The zero-order valence-corrected chi connectivity index (χ0v) is 12.1. The molecular formula is C14H16F3N3O3. The van der Waals surface area contributed by atoms with E-state index >= 15 is 0 Å². The van der Waals surface area contributed by atoms with Gasteiger partial charge in [-0.15, -0.1) is 0 Å². The van der Waals surface area contributed by atoms with Crippen LogP contribution in [0.25, 0.3) is 0 Å². The Morgan fingerprint density at radius 1 is 1.22 bits per heavy atom. The number of carboxylic acids is 1. The highest BCUT2D eigenvalue weighted by Gasteiger charge is 2.36. The van der Waals surface area contributed by atoms with Crippen LogP contribution in [0.15, 0.2) is 18.3 Å². The topological polar surface area (TPSA) is 91.3 Å². The van der Waals surface area contributed by atoms with Gasteiger partial charge >= 0.3 is 18.2 Å². The monoisotopic (exact) mass is 331 g/mol. The number of hydrogen-bond acceptors (Lipinski definition) is 3. The van der Waals surface area contributed by atoms with Crippen LogP contribution in [0.3, 0.4) is 0 Å². The molecule has 1 aliphatic rings. The van der Waals surface area contributed by atoms with E-state index in [0.717, 1.165) is 12.3 Å². The molecule has 3 N–H and O–H groups in total. The Morgan fingerprint density at radius 3 is 2.43 bits per heavy atom. The molecule has 126 valence electrons. The number of rotatable bonds is 3. The Morgan fingerprint density at radius 2 is 1.87 bits per heavy atom. The van der Waals surface area contributed by atoms with Gasteiger partial charge in [0, 0.05) is 12.2 Å². The van der Waals surface area contributed by atoms with E-state index in [4.69, 9.17) is 5.11 Å². The van der Waals surface area contributed by atoms with Crippen LogP contribution in [0.2, 0.25) is 0 Å². The second kappa shape index (κ2) is 6.84. The molecule has 0 radical (unpaired) electrons. The van der Waals surface area contributed by atoms with Gasteiger partial charge in [-0.3, -0.25) is 4.79 Å². The lowest BCUT2D eigenvalue weighted by atomic mass is 9.86. The average Bonchev–Trinajstić information content (AvgIpc) is 2.47. The third-order valence-corrected chi connectivity index (χ3v) is 3.74. The number of nitrogens with zero attached hydrogens (tertiary/aromatic N) is 1. The molecule has 23 heavy (non-hydrogen) atoms. The quantitative estimate of drug-likeness (QED) is 0.794. The van der Waals surface area contributed by atoms with Crippen molar-refractivity contribution >= 4 is 17.7 Å². The van der Waals surface area contributed by atoms with Gasteiger partial charge in [-0.05, 0) is 37.8 Å². The van der Waals surface area contributed by atoms with Gasteiger partial charge in [0.1, 0.15) is 0 Å². The van der Waals surface area contributed by atoms with E-state index in [0.29, 0.717) is 25.7 Å². The number of alkyl halides is 3. The zero-order chi connectivity index (χ0) is 17.0. The van der Waals surface area contributed by atoms with Gasteiger partial charge in [0.2, 0.25) is 0 Å². The summed E-state index contributed by atoms with van der Waals surface area (Å²) in [4.78, 5) is 25.9. The number of aromatic nitrogens is 1. The van der Waals surface area contributed by atoms with Crippen molar-refractivity contribution in [1.29, 1.82) is 0 Å². The van der Waals surface area contributed by atoms with Crippen molar-refractivity contribution in [1.82, 2.24) is 10.3 Å². The van der Waals surface area contributed by atoms with Crippen LogP contribution in [0.4, 0.5) is 23.7 Å². The summed E-state index contributed by atoms with van der Waals surface area (Å²) in [6.07, 6.45) is -1.85. The van der Waals surface area contributed by atoms with Gasteiger partial charge < -0.3 is 15.7 Å². The summed E-state index contributed by atoms with van der Waals surface area (Å²) >= 11 is 0. The average molecular weight is 331 g/mol. The fourth-order valence-electron chi connectivity index (χ4n) is 2.56.